The van der Waals surface area contributed by atoms with E-state index in [1.165, 1.54) is 4.90 Å². The van der Waals surface area contributed by atoms with Crippen molar-refractivity contribution < 1.29 is 31.2 Å². The third kappa shape index (κ3) is 8.51. The molecule has 0 spiro atoms. The van der Waals surface area contributed by atoms with Crippen LogP contribution in [0.5, 0.6) is 0 Å². The van der Waals surface area contributed by atoms with Crippen molar-refractivity contribution in [1.29, 1.82) is 0 Å². The molecule has 0 aromatic heterocycles. The summed E-state index contributed by atoms with van der Waals surface area (Å²) in [5.74, 6) is -1.24. The summed E-state index contributed by atoms with van der Waals surface area (Å²) in [6.07, 6.45) is -3.17. The van der Waals surface area contributed by atoms with Crippen LogP contribution < -0.4 is 9.62 Å². The van der Waals surface area contributed by atoms with Crippen LogP contribution in [0, 0.1) is 0 Å². The monoisotopic (exact) mass is 595 g/mol. The fourth-order valence-corrected chi connectivity index (χ4v) is 4.87. The Bertz CT molecular complexity index is 1240. The molecule has 7 nitrogen and oxygen atoms in total. The zero-order valence-electron chi connectivity index (χ0n) is 21.4. The second kappa shape index (κ2) is 13.0. The van der Waals surface area contributed by atoms with Crippen LogP contribution in [-0.4, -0.2) is 50.0 Å². The highest BCUT2D eigenvalue weighted by atomic mass is 35.5. The Labute approximate surface area is 230 Å². The van der Waals surface area contributed by atoms with Crippen molar-refractivity contribution in [3.8, 4) is 0 Å². The predicted molar refractivity (Wildman–Crippen MR) is 143 cm³/mol. The quantitative estimate of drug-likeness (QED) is 0.371. The number of sulfonamides is 1. The number of rotatable bonds is 11. The molecule has 0 heterocycles. The van der Waals surface area contributed by atoms with E-state index in [0.29, 0.717) is 33.4 Å². The van der Waals surface area contributed by atoms with Gasteiger partial charge in [0.2, 0.25) is 21.8 Å². The smallest absolute Gasteiger partial charge is 0.352 e. The maximum Gasteiger partial charge on any atom is 0.416 e. The van der Waals surface area contributed by atoms with Gasteiger partial charge in [0.25, 0.3) is 0 Å². The van der Waals surface area contributed by atoms with Gasteiger partial charge in [-0.1, -0.05) is 49.2 Å². The number of nitrogens with zero attached hydrogens (tertiary/aromatic N) is 2. The van der Waals surface area contributed by atoms with Gasteiger partial charge < -0.3 is 10.2 Å². The first-order chi connectivity index (χ1) is 17.6. The van der Waals surface area contributed by atoms with Crippen LogP contribution in [-0.2, 0) is 32.3 Å². The first kappa shape index (κ1) is 31.7. The van der Waals surface area contributed by atoms with Crippen molar-refractivity contribution in [3.05, 3.63) is 63.6 Å². The number of nitrogens with one attached hydrogen (secondary N) is 1. The summed E-state index contributed by atoms with van der Waals surface area (Å²) in [5.41, 5.74) is -1.02. The molecule has 210 valence electrons. The number of hydrogen-bond acceptors (Lipinski definition) is 4. The standard InChI is InChI=1S/C25H30Cl2F3N3O4S/c1-5-16(3)31-24(35)21(6-2)32(14-17-7-10-19(26)11-8-17)23(34)15-33(38(4,36)37)22-13-18(25(28,29)30)9-12-20(22)27/h7-13,16,21H,5-6,14-15H2,1-4H3,(H,31,35)/t16-,21-/m0/s1. The SMILES string of the molecule is CC[C@H](C)NC(=O)[C@H](CC)N(Cc1ccc(Cl)cc1)C(=O)CN(c1cc(C(F)(F)F)ccc1Cl)S(C)(=O)=O. The van der Waals surface area contributed by atoms with Crippen LogP contribution in [0.25, 0.3) is 0 Å². The minimum Gasteiger partial charge on any atom is -0.352 e. The Kier molecular flexibility index (Phi) is 10.9. The van der Waals surface area contributed by atoms with Gasteiger partial charge in [-0.3, -0.25) is 13.9 Å². The van der Waals surface area contributed by atoms with E-state index in [2.05, 4.69) is 5.32 Å². The predicted octanol–water partition coefficient (Wildman–Crippen LogP) is 5.50. The van der Waals surface area contributed by atoms with Gasteiger partial charge >= 0.3 is 6.18 Å². The number of amides is 2. The Balaban J connectivity index is 2.54. The lowest BCUT2D eigenvalue weighted by Gasteiger charge is -2.33. The molecule has 0 unspecified atom stereocenters. The molecule has 38 heavy (non-hydrogen) atoms. The third-order valence-electron chi connectivity index (χ3n) is 5.87. The fraction of sp³-hybridized carbons (Fsp3) is 0.440. The minimum atomic E-state index is -4.77. The molecule has 2 atom stereocenters. The van der Waals surface area contributed by atoms with Gasteiger partial charge in [0.1, 0.15) is 12.6 Å². The number of hydrogen-bond donors (Lipinski definition) is 1. The molecule has 13 heteroatoms. The first-order valence-electron chi connectivity index (χ1n) is 11.8. The molecule has 2 aromatic carbocycles. The molecule has 0 aliphatic carbocycles. The van der Waals surface area contributed by atoms with E-state index in [1.807, 2.05) is 6.92 Å². The van der Waals surface area contributed by atoms with Gasteiger partial charge in [-0.05, 0) is 55.7 Å². The summed E-state index contributed by atoms with van der Waals surface area (Å²) in [4.78, 5) is 27.9. The van der Waals surface area contributed by atoms with Gasteiger partial charge in [-0.2, -0.15) is 13.2 Å². The van der Waals surface area contributed by atoms with Crippen molar-refractivity contribution in [2.75, 3.05) is 17.1 Å². The summed E-state index contributed by atoms with van der Waals surface area (Å²) in [6.45, 7) is 4.43. The highest BCUT2D eigenvalue weighted by Crippen LogP contribution is 2.36. The molecular formula is C25H30Cl2F3N3O4S. The second-order valence-corrected chi connectivity index (χ2v) is 11.6. The van der Waals surface area contributed by atoms with Crippen molar-refractivity contribution in [2.24, 2.45) is 0 Å². The van der Waals surface area contributed by atoms with Crippen LogP contribution in [0.2, 0.25) is 10.0 Å². The molecule has 1 N–H and O–H groups in total. The maximum atomic E-state index is 13.6. The highest BCUT2D eigenvalue weighted by Gasteiger charge is 2.35. The first-order valence-corrected chi connectivity index (χ1v) is 14.4. The number of halogens is 5. The Morgan fingerprint density at radius 2 is 1.63 bits per heavy atom. The summed E-state index contributed by atoms with van der Waals surface area (Å²) in [7, 11) is -4.27. The van der Waals surface area contributed by atoms with Crippen molar-refractivity contribution >= 4 is 50.7 Å². The lowest BCUT2D eigenvalue weighted by Crippen LogP contribution is -2.53. The summed E-state index contributed by atoms with van der Waals surface area (Å²) in [5, 5.41) is 2.99. The van der Waals surface area contributed by atoms with Crippen molar-refractivity contribution in [1.82, 2.24) is 10.2 Å². The van der Waals surface area contributed by atoms with Crippen LogP contribution >= 0.6 is 23.2 Å². The molecule has 0 bridgehead atoms. The summed E-state index contributed by atoms with van der Waals surface area (Å²) < 4.78 is 65.9. The average Bonchev–Trinajstić information content (AvgIpc) is 2.82. The molecule has 2 amide bonds. The van der Waals surface area contributed by atoms with Crippen molar-refractivity contribution in [3.63, 3.8) is 0 Å². The Morgan fingerprint density at radius 3 is 2.13 bits per heavy atom. The number of benzene rings is 2. The number of alkyl halides is 3. The zero-order valence-corrected chi connectivity index (χ0v) is 23.7. The van der Waals surface area contributed by atoms with E-state index in [0.717, 1.165) is 12.3 Å². The second-order valence-electron chi connectivity index (χ2n) is 8.82. The van der Waals surface area contributed by atoms with Gasteiger partial charge in [-0.15, -0.1) is 0 Å². The van der Waals surface area contributed by atoms with E-state index >= 15 is 0 Å². The van der Waals surface area contributed by atoms with Gasteiger partial charge in [0.15, 0.2) is 0 Å². The van der Waals surface area contributed by atoms with Gasteiger partial charge in [0, 0.05) is 17.6 Å². The van der Waals surface area contributed by atoms with Crippen molar-refractivity contribution in [2.45, 2.75) is 58.4 Å². The normalized spacial score (nSPS) is 13.5. The number of anilines is 1. The molecule has 0 radical (unpaired) electrons. The maximum absolute atomic E-state index is 13.6. The topological polar surface area (TPSA) is 86.8 Å². The van der Waals surface area contributed by atoms with E-state index in [-0.39, 0.29) is 24.0 Å². The third-order valence-corrected chi connectivity index (χ3v) is 7.57. The van der Waals surface area contributed by atoms with E-state index in [1.54, 1.807) is 38.1 Å². The van der Waals surface area contributed by atoms with Crippen LogP contribution in [0.15, 0.2) is 42.5 Å². The molecule has 2 aromatic rings. The molecule has 0 saturated carbocycles. The molecule has 0 aliphatic rings. The van der Waals surface area contributed by atoms with Gasteiger partial charge in [-0.25, -0.2) is 8.42 Å². The summed E-state index contributed by atoms with van der Waals surface area (Å²) in [6, 6.07) is 7.56. The van der Waals surface area contributed by atoms with E-state index in [4.69, 9.17) is 23.2 Å². The lowest BCUT2D eigenvalue weighted by atomic mass is 10.1. The van der Waals surface area contributed by atoms with Crippen LogP contribution in [0.3, 0.4) is 0 Å². The van der Waals surface area contributed by atoms with Crippen LogP contribution in [0.4, 0.5) is 18.9 Å². The molecule has 2 rings (SSSR count). The van der Waals surface area contributed by atoms with Crippen LogP contribution in [0.1, 0.15) is 44.7 Å². The van der Waals surface area contributed by atoms with E-state index in [9.17, 15) is 31.2 Å². The largest absolute Gasteiger partial charge is 0.416 e. The molecular weight excluding hydrogens is 566 g/mol. The molecule has 0 aliphatic heterocycles. The Hall–Kier alpha value is -2.50. The summed E-state index contributed by atoms with van der Waals surface area (Å²) >= 11 is 12.1. The molecule has 0 fully saturated rings. The van der Waals surface area contributed by atoms with E-state index < -0.39 is 51.9 Å². The van der Waals surface area contributed by atoms with Gasteiger partial charge in [0.05, 0.1) is 22.5 Å². The lowest BCUT2D eigenvalue weighted by molar-refractivity contribution is -0.140. The zero-order chi connectivity index (χ0) is 28.8. The minimum absolute atomic E-state index is 0.0731. The Morgan fingerprint density at radius 1 is 1.03 bits per heavy atom. The number of carbonyl (C=O) groups excluding carboxylic acids is 2. The number of carbonyl (C=O) groups is 2. The highest BCUT2D eigenvalue weighted by molar-refractivity contribution is 7.92. The molecule has 0 saturated heterocycles. The average molecular weight is 596 g/mol. The fourth-order valence-electron chi connectivity index (χ4n) is 3.62.